The van der Waals surface area contributed by atoms with Gasteiger partial charge in [-0.1, -0.05) is 19.1 Å². The quantitative estimate of drug-likeness (QED) is 0.869. The van der Waals surface area contributed by atoms with Crippen molar-refractivity contribution in [1.82, 2.24) is 10.2 Å². The highest BCUT2D eigenvalue weighted by atomic mass is 19.4. The molecule has 1 atom stereocenters. The molecule has 1 aromatic carbocycles. The van der Waals surface area contributed by atoms with Crippen molar-refractivity contribution < 1.29 is 17.9 Å². The van der Waals surface area contributed by atoms with Gasteiger partial charge in [-0.15, -0.1) is 13.2 Å². The van der Waals surface area contributed by atoms with Crippen molar-refractivity contribution in [2.45, 2.75) is 38.7 Å². The van der Waals surface area contributed by atoms with E-state index in [1.54, 1.807) is 6.07 Å². The zero-order valence-corrected chi connectivity index (χ0v) is 13.1. The van der Waals surface area contributed by atoms with Gasteiger partial charge in [0.2, 0.25) is 0 Å². The molecule has 3 nitrogen and oxygen atoms in total. The van der Waals surface area contributed by atoms with Crippen LogP contribution < -0.4 is 10.1 Å². The highest BCUT2D eigenvalue weighted by Crippen LogP contribution is 2.32. The molecule has 0 bridgehead atoms. The lowest BCUT2D eigenvalue weighted by Crippen LogP contribution is -2.49. The number of likely N-dealkylation sites (N-methyl/N-ethyl adjacent to an activating group) is 2. The van der Waals surface area contributed by atoms with E-state index in [1.807, 2.05) is 45.8 Å². The van der Waals surface area contributed by atoms with Gasteiger partial charge in [0.05, 0.1) is 6.04 Å². The number of halogens is 3. The molecule has 0 aliphatic rings. The molecule has 0 spiro atoms. The number of hydrogen-bond donors (Lipinski definition) is 1. The second kappa shape index (κ2) is 6.66. The van der Waals surface area contributed by atoms with E-state index in [1.165, 1.54) is 12.1 Å². The average Bonchev–Trinajstić information content (AvgIpc) is 2.33. The van der Waals surface area contributed by atoms with E-state index in [-0.39, 0.29) is 17.3 Å². The van der Waals surface area contributed by atoms with Crippen LogP contribution in [-0.4, -0.2) is 37.4 Å². The summed E-state index contributed by atoms with van der Waals surface area (Å²) in [5, 5.41) is 3.33. The van der Waals surface area contributed by atoms with Crippen molar-refractivity contribution in [2.75, 3.05) is 20.6 Å². The lowest BCUT2D eigenvalue weighted by Gasteiger charge is -2.41. The first-order chi connectivity index (χ1) is 9.58. The normalized spacial score (nSPS) is 14.3. The van der Waals surface area contributed by atoms with E-state index in [2.05, 4.69) is 10.1 Å². The Morgan fingerprint density at radius 1 is 1.24 bits per heavy atom. The molecule has 6 heteroatoms. The van der Waals surface area contributed by atoms with E-state index in [0.717, 1.165) is 5.56 Å². The van der Waals surface area contributed by atoms with Gasteiger partial charge in [-0.25, -0.2) is 0 Å². The van der Waals surface area contributed by atoms with E-state index in [0.29, 0.717) is 6.54 Å². The van der Waals surface area contributed by atoms with Crippen LogP contribution in [0, 0.1) is 0 Å². The van der Waals surface area contributed by atoms with Gasteiger partial charge in [0.25, 0.3) is 0 Å². The molecule has 0 aromatic heterocycles. The second-order valence-corrected chi connectivity index (χ2v) is 5.66. The Kier molecular flexibility index (Phi) is 5.64. The largest absolute Gasteiger partial charge is 0.573 e. The molecule has 0 heterocycles. The van der Waals surface area contributed by atoms with Crippen molar-refractivity contribution in [2.24, 2.45) is 0 Å². The monoisotopic (exact) mass is 304 g/mol. The fourth-order valence-electron chi connectivity index (χ4n) is 2.13. The predicted molar refractivity (Wildman–Crippen MR) is 77.3 cm³/mol. The molecule has 0 fully saturated rings. The number of nitrogens with one attached hydrogen (secondary N) is 1. The van der Waals surface area contributed by atoms with Crippen LogP contribution in [0.5, 0.6) is 5.75 Å². The van der Waals surface area contributed by atoms with Gasteiger partial charge < -0.3 is 15.0 Å². The molecule has 1 N–H and O–H groups in total. The van der Waals surface area contributed by atoms with E-state index in [9.17, 15) is 13.2 Å². The smallest absolute Gasteiger partial charge is 0.406 e. The third kappa shape index (κ3) is 4.89. The summed E-state index contributed by atoms with van der Waals surface area (Å²) in [6, 6.07) is 6.01. The zero-order chi connectivity index (χ0) is 16.3. The molecule has 0 aliphatic carbocycles. The summed E-state index contributed by atoms with van der Waals surface area (Å²) >= 11 is 0. The maximum atomic E-state index is 12.3. The lowest BCUT2D eigenvalue weighted by molar-refractivity contribution is -0.274. The summed E-state index contributed by atoms with van der Waals surface area (Å²) in [6.45, 7) is 6.76. The molecular weight excluding hydrogens is 281 g/mol. The van der Waals surface area contributed by atoms with Gasteiger partial charge in [0.1, 0.15) is 5.75 Å². The predicted octanol–water partition coefficient (Wildman–Crippen LogP) is 3.58. The van der Waals surface area contributed by atoms with Crippen molar-refractivity contribution in [3.63, 3.8) is 0 Å². The molecule has 0 saturated carbocycles. The minimum Gasteiger partial charge on any atom is -0.406 e. The van der Waals surface area contributed by atoms with E-state index >= 15 is 0 Å². The topological polar surface area (TPSA) is 24.5 Å². The van der Waals surface area contributed by atoms with Crippen LogP contribution >= 0.6 is 0 Å². The molecule has 1 unspecified atom stereocenters. The first-order valence-corrected chi connectivity index (χ1v) is 6.84. The Morgan fingerprint density at radius 2 is 1.86 bits per heavy atom. The standard InChI is InChI=1S/C15H23F3N2O/c1-6-19-13(14(2,3)20(4)5)11-8-7-9-12(10-11)21-15(16,17)18/h7-10,13,19H,6H2,1-5H3. The molecule has 120 valence electrons. The third-order valence-corrected chi connectivity index (χ3v) is 3.69. The van der Waals surface area contributed by atoms with Crippen molar-refractivity contribution in [3.05, 3.63) is 29.8 Å². The fraction of sp³-hybridized carbons (Fsp3) is 0.600. The number of rotatable bonds is 6. The molecule has 0 radical (unpaired) electrons. The van der Waals surface area contributed by atoms with Gasteiger partial charge in [-0.2, -0.15) is 0 Å². The minimum absolute atomic E-state index is 0.116. The summed E-state index contributed by atoms with van der Waals surface area (Å²) in [6.07, 6.45) is -4.68. The SMILES string of the molecule is CCNC(c1cccc(OC(F)(F)F)c1)C(C)(C)N(C)C. The Hall–Kier alpha value is -1.27. The van der Waals surface area contributed by atoms with Crippen molar-refractivity contribution in [3.8, 4) is 5.75 Å². The summed E-state index contributed by atoms with van der Waals surface area (Å²) in [4.78, 5) is 2.04. The first-order valence-electron chi connectivity index (χ1n) is 6.84. The van der Waals surface area contributed by atoms with Gasteiger partial charge in [0.15, 0.2) is 0 Å². The third-order valence-electron chi connectivity index (χ3n) is 3.69. The van der Waals surface area contributed by atoms with Crippen molar-refractivity contribution in [1.29, 1.82) is 0 Å². The molecular formula is C15H23F3N2O. The first kappa shape index (κ1) is 17.8. The number of ether oxygens (including phenoxy) is 1. The Morgan fingerprint density at radius 3 is 2.33 bits per heavy atom. The Balaban J connectivity index is 3.12. The van der Waals surface area contributed by atoms with Crippen LogP contribution in [-0.2, 0) is 0 Å². The zero-order valence-electron chi connectivity index (χ0n) is 13.1. The van der Waals surface area contributed by atoms with Gasteiger partial charge >= 0.3 is 6.36 Å². The molecule has 1 aromatic rings. The molecule has 0 amide bonds. The van der Waals surface area contributed by atoms with Crippen molar-refractivity contribution >= 4 is 0 Å². The van der Waals surface area contributed by atoms with E-state index < -0.39 is 6.36 Å². The Bertz CT molecular complexity index is 458. The minimum atomic E-state index is -4.68. The summed E-state index contributed by atoms with van der Waals surface area (Å²) in [5.41, 5.74) is 0.490. The summed E-state index contributed by atoms with van der Waals surface area (Å²) in [5.74, 6) is -0.197. The maximum absolute atomic E-state index is 12.3. The fourth-order valence-corrected chi connectivity index (χ4v) is 2.13. The summed E-state index contributed by atoms with van der Waals surface area (Å²) < 4.78 is 41.0. The number of nitrogens with zero attached hydrogens (tertiary/aromatic N) is 1. The van der Waals surface area contributed by atoms with Crippen LogP contribution in [0.1, 0.15) is 32.4 Å². The maximum Gasteiger partial charge on any atom is 0.573 e. The number of hydrogen-bond acceptors (Lipinski definition) is 3. The molecule has 21 heavy (non-hydrogen) atoms. The highest BCUT2D eigenvalue weighted by Gasteiger charge is 2.34. The lowest BCUT2D eigenvalue weighted by atomic mass is 9.87. The second-order valence-electron chi connectivity index (χ2n) is 5.66. The molecule has 0 aliphatic heterocycles. The van der Waals surface area contributed by atoms with Gasteiger partial charge in [-0.3, -0.25) is 0 Å². The van der Waals surface area contributed by atoms with Crippen LogP contribution in [0.2, 0.25) is 0 Å². The van der Waals surface area contributed by atoms with Crippen LogP contribution in [0.15, 0.2) is 24.3 Å². The van der Waals surface area contributed by atoms with Gasteiger partial charge in [-0.05, 0) is 52.2 Å². The number of benzene rings is 1. The van der Waals surface area contributed by atoms with E-state index in [4.69, 9.17) is 0 Å². The van der Waals surface area contributed by atoms with Crippen LogP contribution in [0.4, 0.5) is 13.2 Å². The van der Waals surface area contributed by atoms with Crippen LogP contribution in [0.25, 0.3) is 0 Å². The molecule has 0 saturated heterocycles. The van der Waals surface area contributed by atoms with Gasteiger partial charge in [0, 0.05) is 5.54 Å². The number of alkyl halides is 3. The highest BCUT2D eigenvalue weighted by molar-refractivity contribution is 5.32. The Labute approximate surface area is 124 Å². The summed E-state index contributed by atoms with van der Waals surface area (Å²) in [7, 11) is 3.89. The van der Waals surface area contributed by atoms with Crippen LogP contribution in [0.3, 0.4) is 0 Å². The molecule has 1 rings (SSSR count). The average molecular weight is 304 g/mol.